The maximum atomic E-state index is 14.6. The topological polar surface area (TPSA) is 104 Å². The molecule has 1 aliphatic rings. The molecule has 3 N–H and O–H groups in total. The predicted octanol–water partition coefficient (Wildman–Crippen LogP) is 5.50. The molecular weight excluding hydrogens is 481 g/mol. The molecule has 0 radical (unpaired) electrons. The number of piperidine rings is 1. The van der Waals surface area contributed by atoms with E-state index in [0.717, 1.165) is 64.9 Å². The number of hydrogen-bond donors (Lipinski definition) is 3. The fraction of sp³-hybridized carbons (Fsp3) is 0.172. The van der Waals surface area contributed by atoms with Gasteiger partial charge in [0.1, 0.15) is 23.4 Å². The Morgan fingerprint density at radius 2 is 1.76 bits per heavy atom. The van der Waals surface area contributed by atoms with Crippen LogP contribution in [-0.2, 0) is 0 Å². The second-order valence-electron chi connectivity index (χ2n) is 9.43. The van der Waals surface area contributed by atoms with Gasteiger partial charge in [0.2, 0.25) is 0 Å². The fourth-order valence-corrected chi connectivity index (χ4v) is 5.03. The third-order valence-electron chi connectivity index (χ3n) is 6.95. The molecule has 5 heterocycles. The van der Waals surface area contributed by atoms with Crippen molar-refractivity contribution >= 4 is 21.9 Å². The van der Waals surface area contributed by atoms with E-state index in [9.17, 15) is 4.39 Å². The molecule has 188 valence electrons. The van der Waals surface area contributed by atoms with Gasteiger partial charge in [0, 0.05) is 28.3 Å². The summed E-state index contributed by atoms with van der Waals surface area (Å²) in [7, 11) is 0. The lowest BCUT2D eigenvalue weighted by atomic mass is 10.0. The molecule has 0 spiro atoms. The van der Waals surface area contributed by atoms with Crippen LogP contribution in [0.1, 0.15) is 12.8 Å². The number of pyridine rings is 2. The molecule has 0 bridgehead atoms. The summed E-state index contributed by atoms with van der Waals surface area (Å²) in [5, 5.41) is 11.8. The van der Waals surface area contributed by atoms with E-state index in [1.807, 2.05) is 36.4 Å². The van der Waals surface area contributed by atoms with Crippen molar-refractivity contribution in [3.05, 3.63) is 79.0 Å². The molecule has 0 aliphatic carbocycles. The van der Waals surface area contributed by atoms with E-state index in [2.05, 4.69) is 30.5 Å². The zero-order valence-electron chi connectivity index (χ0n) is 20.4. The molecule has 2 aromatic carbocycles. The average molecular weight is 506 g/mol. The maximum absolute atomic E-state index is 14.6. The van der Waals surface area contributed by atoms with Crippen LogP contribution < -0.4 is 10.1 Å². The van der Waals surface area contributed by atoms with Gasteiger partial charge in [0.15, 0.2) is 5.82 Å². The van der Waals surface area contributed by atoms with Crippen LogP contribution in [0.15, 0.2) is 73.2 Å². The summed E-state index contributed by atoms with van der Waals surface area (Å²) >= 11 is 0. The van der Waals surface area contributed by atoms with Gasteiger partial charge in [-0.1, -0.05) is 30.3 Å². The molecule has 1 saturated heterocycles. The van der Waals surface area contributed by atoms with Gasteiger partial charge >= 0.3 is 0 Å². The number of nitrogens with one attached hydrogen (secondary N) is 3. The molecule has 0 atom stereocenters. The number of ether oxygens (including phenoxy) is 1. The van der Waals surface area contributed by atoms with Crippen LogP contribution in [0, 0.1) is 5.82 Å². The van der Waals surface area contributed by atoms with E-state index >= 15 is 0 Å². The first-order valence-corrected chi connectivity index (χ1v) is 12.6. The number of benzene rings is 2. The standard InChI is InChI=1S/C29H24FN7O/c30-23-6-2-1-4-20(23)21-5-3-7-24-27(21)35-29(34-24)28-22-13-25(33-16-26(22)36-37-28)17-12-19(15-32-14-17)38-18-8-10-31-11-9-18/h1-7,12-16,18,31H,8-11H2,(H,34,35)(H,36,37). The fourth-order valence-electron chi connectivity index (χ4n) is 5.03. The largest absolute Gasteiger partial charge is 0.489 e. The van der Waals surface area contributed by atoms with Crippen molar-refractivity contribution in [2.75, 3.05) is 13.1 Å². The van der Waals surface area contributed by atoms with Crippen molar-refractivity contribution in [3.63, 3.8) is 0 Å². The first kappa shape index (κ1) is 22.6. The molecule has 1 fully saturated rings. The summed E-state index contributed by atoms with van der Waals surface area (Å²) in [4.78, 5) is 17.2. The number of fused-ring (bicyclic) bond motifs is 2. The highest BCUT2D eigenvalue weighted by molar-refractivity contribution is 5.97. The number of nitrogens with zero attached hydrogens (tertiary/aromatic N) is 4. The van der Waals surface area contributed by atoms with Crippen LogP contribution in [0.4, 0.5) is 4.39 Å². The second-order valence-corrected chi connectivity index (χ2v) is 9.43. The van der Waals surface area contributed by atoms with E-state index < -0.39 is 0 Å². The van der Waals surface area contributed by atoms with Gasteiger partial charge in [-0.3, -0.25) is 15.1 Å². The molecule has 0 amide bonds. The molecule has 7 rings (SSSR count). The minimum Gasteiger partial charge on any atom is -0.489 e. The van der Waals surface area contributed by atoms with Gasteiger partial charge in [-0.25, -0.2) is 9.37 Å². The second kappa shape index (κ2) is 9.35. The van der Waals surface area contributed by atoms with Crippen LogP contribution in [0.5, 0.6) is 5.75 Å². The Kier molecular flexibility index (Phi) is 5.55. The first-order chi connectivity index (χ1) is 18.7. The van der Waals surface area contributed by atoms with E-state index in [4.69, 9.17) is 9.72 Å². The minimum atomic E-state index is -0.287. The molecule has 9 heteroatoms. The van der Waals surface area contributed by atoms with Crippen molar-refractivity contribution < 1.29 is 9.13 Å². The zero-order valence-corrected chi connectivity index (χ0v) is 20.4. The number of rotatable bonds is 5. The van der Waals surface area contributed by atoms with Gasteiger partial charge in [-0.15, -0.1) is 0 Å². The third kappa shape index (κ3) is 4.06. The van der Waals surface area contributed by atoms with E-state index in [-0.39, 0.29) is 11.9 Å². The highest BCUT2D eigenvalue weighted by Gasteiger charge is 2.18. The number of aromatic amines is 2. The van der Waals surface area contributed by atoms with E-state index in [1.54, 1.807) is 30.7 Å². The Balaban J connectivity index is 1.26. The molecule has 8 nitrogen and oxygen atoms in total. The minimum absolute atomic E-state index is 0.187. The van der Waals surface area contributed by atoms with Crippen LogP contribution in [-0.4, -0.2) is 49.3 Å². The molecule has 0 unspecified atom stereocenters. The van der Waals surface area contributed by atoms with E-state index in [0.29, 0.717) is 22.6 Å². The lowest BCUT2D eigenvalue weighted by Crippen LogP contribution is -2.34. The smallest absolute Gasteiger partial charge is 0.159 e. The summed E-state index contributed by atoms with van der Waals surface area (Å²) in [6.07, 6.45) is 7.42. The summed E-state index contributed by atoms with van der Waals surface area (Å²) < 4.78 is 20.8. The monoisotopic (exact) mass is 505 g/mol. The summed E-state index contributed by atoms with van der Waals surface area (Å²) in [6.45, 7) is 1.92. The molecule has 38 heavy (non-hydrogen) atoms. The Labute approximate surface area is 217 Å². The van der Waals surface area contributed by atoms with Gasteiger partial charge in [0.25, 0.3) is 0 Å². The van der Waals surface area contributed by atoms with E-state index in [1.165, 1.54) is 6.07 Å². The van der Waals surface area contributed by atoms with Gasteiger partial charge in [-0.2, -0.15) is 5.10 Å². The van der Waals surface area contributed by atoms with Crippen LogP contribution in [0.2, 0.25) is 0 Å². The number of aromatic nitrogens is 6. The summed E-state index contributed by atoms with van der Waals surface area (Å²) in [6, 6.07) is 16.4. The molecule has 0 saturated carbocycles. The number of halogens is 1. The number of para-hydroxylation sites is 1. The van der Waals surface area contributed by atoms with Gasteiger partial charge in [0.05, 0.1) is 34.6 Å². The van der Waals surface area contributed by atoms with Gasteiger partial charge < -0.3 is 15.0 Å². The summed E-state index contributed by atoms with van der Waals surface area (Å²) in [5.74, 6) is 1.04. The van der Waals surface area contributed by atoms with Crippen molar-refractivity contribution in [2.24, 2.45) is 0 Å². The normalized spacial score (nSPS) is 14.3. The molecule has 1 aliphatic heterocycles. The lowest BCUT2D eigenvalue weighted by molar-refractivity contribution is 0.162. The zero-order chi connectivity index (χ0) is 25.5. The Bertz CT molecular complexity index is 1770. The SMILES string of the molecule is Fc1ccccc1-c1cccc2[nH]c(-c3n[nH]c4cnc(-c5cncc(OC6CCNCC6)c5)cc34)nc12. The summed E-state index contributed by atoms with van der Waals surface area (Å²) in [5.41, 5.74) is 5.78. The molecular formula is C29H24FN7O. The Morgan fingerprint density at radius 1 is 0.895 bits per heavy atom. The van der Waals surface area contributed by atoms with Crippen molar-refractivity contribution in [1.29, 1.82) is 0 Å². The quantitative estimate of drug-likeness (QED) is 0.286. The first-order valence-electron chi connectivity index (χ1n) is 12.6. The van der Waals surface area contributed by atoms with Crippen molar-refractivity contribution in [2.45, 2.75) is 18.9 Å². The Hall–Kier alpha value is -4.63. The highest BCUT2D eigenvalue weighted by Crippen LogP contribution is 2.33. The van der Waals surface area contributed by atoms with Crippen molar-refractivity contribution in [1.82, 2.24) is 35.5 Å². The number of H-pyrrole nitrogens is 2. The maximum Gasteiger partial charge on any atom is 0.159 e. The van der Waals surface area contributed by atoms with Gasteiger partial charge in [-0.05, 0) is 50.2 Å². The molecule has 6 aromatic rings. The third-order valence-corrected chi connectivity index (χ3v) is 6.95. The van der Waals surface area contributed by atoms with Crippen LogP contribution >= 0.6 is 0 Å². The van der Waals surface area contributed by atoms with Crippen LogP contribution in [0.3, 0.4) is 0 Å². The Morgan fingerprint density at radius 3 is 2.66 bits per heavy atom. The average Bonchev–Trinajstić information content (AvgIpc) is 3.58. The predicted molar refractivity (Wildman–Crippen MR) is 144 cm³/mol. The number of hydrogen-bond acceptors (Lipinski definition) is 6. The van der Waals surface area contributed by atoms with Crippen LogP contribution in [0.25, 0.3) is 55.8 Å². The lowest BCUT2D eigenvalue weighted by Gasteiger charge is -2.23. The highest BCUT2D eigenvalue weighted by atomic mass is 19.1. The molecule has 4 aromatic heterocycles. The van der Waals surface area contributed by atoms with Crippen molar-refractivity contribution in [3.8, 4) is 39.7 Å². The number of imidazole rings is 1.